The molecule has 1 heteroatoms. The van der Waals surface area contributed by atoms with Crippen LogP contribution >= 0.6 is 0 Å². The quantitative estimate of drug-likeness (QED) is 0.835. The zero-order valence-corrected chi connectivity index (χ0v) is 12.6. The monoisotopic (exact) mass is 258 g/mol. The van der Waals surface area contributed by atoms with E-state index in [1.807, 2.05) is 0 Å². The number of hydrogen-bond donors (Lipinski definition) is 1. The van der Waals surface area contributed by atoms with Crippen molar-refractivity contribution in [1.29, 1.82) is 0 Å². The van der Waals surface area contributed by atoms with Crippen molar-refractivity contribution >= 4 is 0 Å². The summed E-state index contributed by atoms with van der Waals surface area (Å²) in [6, 6.07) is 8.56. The fourth-order valence-electron chi connectivity index (χ4n) is 4.09. The van der Waals surface area contributed by atoms with E-state index in [1.54, 1.807) is 0 Å². The van der Waals surface area contributed by atoms with Crippen LogP contribution in [0.2, 0.25) is 0 Å². The molecule has 2 aliphatic rings. The Labute approximate surface area is 117 Å². The number of aliphatic hydroxyl groups is 1. The molecule has 19 heavy (non-hydrogen) atoms. The second-order valence-electron chi connectivity index (χ2n) is 7.62. The van der Waals surface area contributed by atoms with Crippen LogP contribution in [0.15, 0.2) is 24.3 Å². The van der Waals surface area contributed by atoms with Crippen molar-refractivity contribution in [3.8, 4) is 0 Å². The van der Waals surface area contributed by atoms with Crippen molar-refractivity contribution in [1.82, 2.24) is 0 Å². The van der Waals surface area contributed by atoms with Crippen LogP contribution < -0.4 is 0 Å². The van der Waals surface area contributed by atoms with Crippen molar-refractivity contribution in [2.24, 2.45) is 16.7 Å². The molecule has 1 unspecified atom stereocenters. The Bertz CT molecular complexity index is 468. The number of hydrogen-bond acceptors (Lipinski definition) is 1. The molecule has 3 rings (SSSR count). The molecular formula is C18H26O. The Morgan fingerprint density at radius 2 is 1.63 bits per heavy atom. The standard InChI is InChI=1S/C18H26O/c1-17(2)16(18(17,3)4)15(19)14-11-6-5-10-13(14)12-8-7-9-12/h5-6,10-12,15-16,19H,7-9H2,1-4H3. The second kappa shape index (κ2) is 4.09. The van der Waals surface area contributed by atoms with E-state index in [9.17, 15) is 5.11 Å². The van der Waals surface area contributed by atoms with Gasteiger partial charge in [-0.1, -0.05) is 58.4 Å². The van der Waals surface area contributed by atoms with Gasteiger partial charge in [0.2, 0.25) is 0 Å². The fourth-order valence-corrected chi connectivity index (χ4v) is 4.09. The van der Waals surface area contributed by atoms with Crippen LogP contribution in [0.1, 0.15) is 70.1 Å². The molecule has 2 fully saturated rings. The van der Waals surface area contributed by atoms with Crippen LogP contribution in [0.4, 0.5) is 0 Å². The SMILES string of the molecule is CC1(C)C(C(O)c2ccccc2C2CCC2)C1(C)C. The van der Waals surface area contributed by atoms with E-state index in [0.29, 0.717) is 11.8 Å². The Balaban J connectivity index is 1.91. The maximum Gasteiger partial charge on any atom is 0.0831 e. The highest BCUT2D eigenvalue weighted by Gasteiger charge is 2.67. The predicted octanol–water partition coefficient (Wildman–Crippen LogP) is 4.67. The third-order valence-corrected chi connectivity index (χ3v) is 6.31. The predicted molar refractivity (Wildman–Crippen MR) is 79.0 cm³/mol. The summed E-state index contributed by atoms with van der Waals surface area (Å²) in [6.07, 6.45) is 3.62. The Morgan fingerprint density at radius 1 is 1.05 bits per heavy atom. The van der Waals surface area contributed by atoms with Gasteiger partial charge in [-0.3, -0.25) is 0 Å². The van der Waals surface area contributed by atoms with E-state index in [-0.39, 0.29) is 16.9 Å². The summed E-state index contributed by atoms with van der Waals surface area (Å²) in [5.41, 5.74) is 3.06. The van der Waals surface area contributed by atoms with Gasteiger partial charge in [-0.15, -0.1) is 0 Å². The molecule has 1 N–H and O–H groups in total. The first kappa shape index (κ1) is 13.2. The normalized spacial score (nSPS) is 26.8. The largest absolute Gasteiger partial charge is 0.388 e. The van der Waals surface area contributed by atoms with Crippen LogP contribution in [0, 0.1) is 16.7 Å². The zero-order valence-electron chi connectivity index (χ0n) is 12.6. The minimum absolute atomic E-state index is 0.235. The van der Waals surface area contributed by atoms with Gasteiger partial charge in [0.15, 0.2) is 0 Å². The highest BCUT2D eigenvalue weighted by molar-refractivity contribution is 5.36. The van der Waals surface area contributed by atoms with Gasteiger partial charge in [0.1, 0.15) is 0 Å². The second-order valence-corrected chi connectivity index (χ2v) is 7.62. The lowest BCUT2D eigenvalue weighted by atomic mass is 9.77. The van der Waals surface area contributed by atoms with Crippen molar-refractivity contribution in [2.75, 3.05) is 0 Å². The third-order valence-electron chi connectivity index (χ3n) is 6.31. The van der Waals surface area contributed by atoms with E-state index in [0.717, 1.165) is 0 Å². The molecule has 0 aromatic heterocycles. The van der Waals surface area contributed by atoms with Gasteiger partial charge in [0.25, 0.3) is 0 Å². The summed E-state index contributed by atoms with van der Waals surface area (Å²) in [6.45, 7) is 9.14. The Hall–Kier alpha value is -0.820. The van der Waals surface area contributed by atoms with E-state index in [2.05, 4.69) is 52.0 Å². The minimum atomic E-state index is -0.304. The average Bonchev–Trinajstić information content (AvgIpc) is 2.67. The fraction of sp³-hybridized carbons (Fsp3) is 0.667. The lowest BCUT2D eigenvalue weighted by Crippen LogP contribution is -2.15. The van der Waals surface area contributed by atoms with Crippen molar-refractivity contribution in [3.63, 3.8) is 0 Å². The van der Waals surface area contributed by atoms with Crippen LogP contribution in [-0.4, -0.2) is 5.11 Å². The smallest absolute Gasteiger partial charge is 0.0831 e. The number of rotatable bonds is 3. The van der Waals surface area contributed by atoms with Crippen LogP contribution in [-0.2, 0) is 0 Å². The van der Waals surface area contributed by atoms with Gasteiger partial charge >= 0.3 is 0 Å². The van der Waals surface area contributed by atoms with Crippen molar-refractivity contribution in [2.45, 2.75) is 59.0 Å². The Morgan fingerprint density at radius 3 is 2.11 bits per heavy atom. The summed E-state index contributed by atoms with van der Waals surface area (Å²) in [4.78, 5) is 0. The van der Waals surface area contributed by atoms with Gasteiger partial charge in [0, 0.05) is 5.92 Å². The molecule has 0 spiro atoms. The Kier molecular flexibility index (Phi) is 2.83. The summed E-state index contributed by atoms with van der Waals surface area (Å²) in [5.74, 6) is 1.07. The molecule has 1 aromatic carbocycles. The summed E-state index contributed by atoms with van der Waals surface area (Å²) < 4.78 is 0. The van der Waals surface area contributed by atoms with Gasteiger partial charge in [-0.05, 0) is 40.7 Å². The first-order chi connectivity index (χ1) is 8.87. The molecule has 2 saturated carbocycles. The van der Waals surface area contributed by atoms with Gasteiger partial charge in [-0.2, -0.15) is 0 Å². The summed E-state index contributed by atoms with van der Waals surface area (Å²) in [7, 11) is 0. The van der Waals surface area contributed by atoms with Gasteiger partial charge < -0.3 is 5.11 Å². The first-order valence-electron chi connectivity index (χ1n) is 7.64. The molecule has 1 atom stereocenters. The molecule has 104 valence electrons. The van der Waals surface area contributed by atoms with E-state index < -0.39 is 0 Å². The minimum Gasteiger partial charge on any atom is -0.388 e. The van der Waals surface area contributed by atoms with E-state index in [1.165, 1.54) is 30.4 Å². The molecule has 0 saturated heterocycles. The molecule has 0 amide bonds. The van der Waals surface area contributed by atoms with Gasteiger partial charge in [-0.25, -0.2) is 0 Å². The maximum atomic E-state index is 10.9. The molecule has 1 aromatic rings. The number of aliphatic hydroxyl groups excluding tert-OH is 1. The van der Waals surface area contributed by atoms with Crippen molar-refractivity contribution < 1.29 is 5.11 Å². The molecule has 0 radical (unpaired) electrons. The molecular weight excluding hydrogens is 232 g/mol. The van der Waals surface area contributed by atoms with Crippen LogP contribution in [0.5, 0.6) is 0 Å². The highest BCUT2D eigenvalue weighted by atomic mass is 16.3. The van der Waals surface area contributed by atoms with E-state index in [4.69, 9.17) is 0 Å². The zero-order chi connectivity index (χ0) is 13.8. The van der Waals surface area contributed by atoms with Crippen LogP contribution in [0.3, 0.4) is 0 Å². The van der Waals surface area contributed by atoms with E-state index >= 15 is 0 Å². The third kappa shape index (κ3) is 1.78. The molecule has 0 bridgehead atoms. The summed E-state index contributed by atoms with van der Waals surface area (Å²) >= 11 is 0. The topological polar surface area (TPSA) is 20.2 Å². The molecule has 1 nitrogen and oxygen atoms in total. The van der Waals surface area contributed by atoms with Gasteiger partial charge in [0.05, 0.1) is 6.10 Å². The molecule has 0 heterocycles. The van der Waals surface area contributed by atoms with Crippen molar-refractivity contribution in [3.05, 3.63) is 35.4 Å². The first-order valence-corrected chi connectivity index (χ1v) is 7.64. The molecule has 2 aliphatic carbocycles. The molecule has 0 aliphatic heterocycles. The maximum absolute atomic E-state index is 10.9. The highest BCUT2D eigenvalue weighted by Crippen LogP contribution is 2.72. The lowest BCUT2D eigenvalue weighted by molar-refractivity contribution is 0.128. The lowest BCUT2D eigenvalue weighted by Gasteiger charge is -2.29. The summed E-state index contributed by atoms with van der Waals surface area (Å²) in [5, 5.41) is 10.9. The average molecular weight is 258 g/mol. The van der Waals surface area contributed by atoms with Crippen LogP contribution in [0.25, 0.3) is 0 Å². The number of benzene rings is 1.